The van der Waals surface area contributed by atoms with Gasteiger partial charge in [-0.3, -0.25) is 4.98 Å². The molecule has 0 atom stereocenters. The van der Waals surface area contributed by atoms with Gasteiger partial charge in [0.25, 0.3) is 0 Å². The van der Waals surface area contributed by atoms with E-state index in [1.54, 1.807) is 31.6 Å². The third-order valence-corrected chi connectivity index (χ3v) is 2.42. The van der Waals surface area contributed by atoms with Gasteiger partial charge in [-0.15, -0.1) is 0 Å². The van der Waals surface area contributed by atoms with Crippen LogP contribution in [0.2, 0.25) is 0 Å². The maximum atomic E-state index is 9.07. The summed E-state index contributed by atoms with van der Waals surface area (Å²) in [5, 5.41) is 9.07. The van der Waals surface area contributed by atoms with Crippen LogP contribution in [0.5, 0.6) is 5.75 Å². The fraction of sp³-hybridized carbons (Fsp3) is 0.0769. The van der Waals surface area contributed by atoms with Gasteiger partial charge in [-0.05, 0) is 18.2 Å². The highest BCUT2D eigenvalue weighted by Crippen LogP contribution is 2.26. The van der Waals surface area contributed by atoms with E-state index in [0.717, 1.165) is 11.1 Å². The maximum Gasteiger partial charge on any atom is 0.137 e. The minimum Gasteiger partial charge on any atom is -0.495 e. The molecule has 4 nitrogen and oxygen atoms in total. The van der Waals surface area contributed by atoms with Crippen molar-refractivity contribution in [1.29, 1.82) is 5.26 Å². The highest BCUT2D eigenvalue weighted by Gasteiger charge is 2.06. The summed E-state index contributed by atoms with van der Waals surface area (Å²) in [6.07, 6.45) is 3.31. The third-order valence-electron chi connectivity index (χ3n) is 2.42. The van der Waals surface area contributed by atoms with Crippen LogP contribution in [0, 0.1) is 11.3 Å². The molecule has 2 aromatic rings. The number of nitriles is 1. The van der Waals surface area contributed by atoms with Crippen molar-refractivity contribution in [2.24, 2.45) is 0 Å². The van der Waals surface area contributed by atoms with Crippen LogP contribution in [0.4, 0.5) is 5.69 Å². The lowest BCUT2D eigenvalue weighted by Gasteiger charge is -2.06. The van der Waals surface area contributed by atoms with Crippen molar-refractivity contribution in [2.75, 3.05) is 12.8 Å². The molecule has 0 spiro atoms. The number of nitrogens with zero attached hydrogens (tertiary/aromatic N) is 2. The van der Waals surface area contributed by atoms with Gasteiger partial charge in [0.1, 0.15) is 5.75 Å². The van der Waals surface area contributed by atoms with Gasteiger partial charge in [0, 0.05) is 23.0 Å². The number of nitrogen functional groups attached to an aromatic ring is 1. The molecule has 1 aromatic carbocycles. The fourth-order valence-corrected chi connectivity index (χ4v) is 1.58. The average molecular weight is 225 g/mol. The van der Waals surface area contributed by atoms with E-state index < -0.39 is 0 Å². The number of aromatic nitrogens is 1. The van der Waals surface area contributed by atoms with Crippen LogP contribution < -0.4 is 10.5 Å². The first-order valence-electron chi connectivity index (χ1n) is 5.03. The number of hydrogen-bond donors (Lipinski definition) is 1. The second kappa shape index (κ2) is 4.54. The smallest absolute Gasteiger partial charge is 0.137 e. The van der Waals surface area contributed by atoms with Crippen LogP contribution in [0.3, 0.4) is 0 Å². The Morgan fingerprint density at radius 1 is 1.29 bits per heavy atom. The van der Waals surface area contributed by atoms with Gasteiger partial charge in [0.2, 0.25) is 0 Å². The summed E-state index contributed by atoms with van der Waals surface area (Å²) in [6, 6.07) is 9.17. The molecule has 0 fully saturated rings. The monoisotopic (exact) mass is 225 g/mol. The van der Waals surface area contributed by atoms with E-state index in [9.17, 15) is 0 Å². The molecule has 0 aliphatic rings. The van der Waals surface area contributed by atoms with Crippen LogP contribution in [0.25, 0.3) is 11.1 Å². The fourth-order valence-electron chi connectivity index (χ4n) is 1.58. The van der Waals surface area contributed by atoms with E-state index in [4.69, 9.17) is 15.7 Å². The molecule has 2 N–H and O–H groups in total. The second-order valence-electron chi connectivity index (χ2n) is 3.53. The van der Waals surface area contributed by atoms with Crippen LogP contribution in [0.15, 0.2) is 36.7 Å². The summed E-state index contributed by atoms with van der Waals surface area (Å²) in [6.45, 7) is 0. The topological polar surface area (TPSA) is 71.9 Å². The molecule has 0 radical (unpaired) electrons. The minimum absolute atomic E-state index is 0.528. The molecule has 17 heavy (non-hydrogen) atoms. The van der Waals surface area contributed by atoms with E-state index >= 15 is 0 Å². The quantitative estimate of drug-likeness (QED) is 0.795. The Balaban J connectivity index is 2.56. The molecular weight excluding hydrogens is 214 g/mol. The summed E-state index contributed by atoms with van der Waals surface area (Å²) in [7, 11) is 1.58. The number of pyridine rings is 1. The number of methoxy groups -OCH3 is 1. The Hall–Kier alpha value is -2.54. The van der Waals surface area contributed by atoms with Crippen LogP contribution in [0.1, 0.15) is 5.56 Å². The SMILES string of the molecule is COc1cncc(-c2ccc(N)cc2C#N)c1. The molecule has 4 heteroatoms. The highest BCUT2D eigenvalue weighted by atomic mass is 16.5. The minimum atomic E-state index is 0.528. The second-order valence-corrected chi connectivity index (χ2v) is 3.53. The predicted molar refractivity (Wildman–Crippen MR) is 65.4 cm³/mol. The van der Waals surface area contributed by atoms with E-state index in [-0.39, 0.29) is 0 Å². The summed E-state index contributed by atoms with van der Waals surface area (Å²) in [4.78, 5) is 4.06. The number of ether oxygens (including phenoxy) is 1. The molecular formula is C13H11N3O. The summed E-state index contributed by atoms with van der Waals surface area (Å²) in [5.41, 5.74) is 8.38. The number of rotatable bonds is 2. The zero-order valence-electron chi connectivity index (χ0n) is 9.34. The van der Waals surface area contributed by atoms with Crippen molar-refractivity contribution in [1.82, 2.24) is 4.98 Å². The van der Waals surface area contributed by atoms with Crippen LogP contribution in [-0.2, 0) is 0 Å². The van der Waals surface area contributed by atoms with Gasteiger partial charge < -0.3 is 10.5 Å². The Labute approximate surface area is 99.3 Å². The molecule has 0 amide bonds. The lowest BCUT2D eigenvalue weighted by Crippen LogP contribution is -1.91. The summed E-state index contributed by atoms with van der Waals surface area (Å²) >= 11 is 0. The standard InChI is InChI=1S/C13H11N3O/c1-17-12-5-10(7-16-8-12)13-3-2-11(15)4-9(13)6-14/h2-5,7-8H,15H2,1H3. The van der Waals surface area contributed by atoms with Crippen molar-refractivity contribution < 1.29 is 4.74 Å². The lowest BCUT2D eigenvalue weighted by molar-refractivity contribution is 0.413. The number of anilines is 1. The van der Waals surface area contributed by atoms with E-state index in [1.165, 1.54) is 0 Å². The van der Waals surface area contributed by atoms with Crippen LogP contribution in [-0.4, -0.2) is 12.1 Å². The predicted octanol–water partition coefficient (Wildman–Crippen LogP) is 2.21. The third kappa shape index (κ3) is 2.18. The van der Waals surface area contributed by atoms with E-state index in [1.807, 2.05) is 12.1 Å². The molecule has 2 rings (SSSR count). The van der Waals surface area contributed by atoms with E-state index in [0.29, 0.717) is 17.0 Å². The average Bonchev–Trinajstić information content (AvgIpc) is 2.38. The largest absolute Gasteiger partial charge is 0.495 e. The Bertz CT molecular complexity index is 587. The molecule has 0 saturated heterocycles. The first kappa shape index (κ1) is 11.0. The Morgan fingerprint density at radius 3 is 2.82 bits per heavy atom. The van der Waals surface area contributed by atoms with Gasteiger partial charge in [-0.1, -0.05) is 6.07 Å². The van der Waals surface area contributed by atoms with Crippen molar-refractivity contribution >= 4 is 5.69 Å². The zero-order valence-corrected chi connectivity index (χ0v) is 9.34. The van der Waals surface area contributed by atoms with Crippen molar-refractivity contribution in [3.05, 3.63) is 42.2 Å². The number of hydrogen-bond acceptors (Lipinski definition) is 4. The first-order chi connectivity index (χ1) is 8.24. The van der Waals surface area contributed by atoms with Gasteiger partial charge >= 0.3 is 0 Å². The molecule has 0 unspecified atom stereocenters. The van der Waals surface area contributed by atoms with Gasteiger partial charge in [-0.2, -0.15) is 5.26 Å². The van der Waals surface area contributed by atoms with Crippen molar-refractivity contribution in [2.45, 2.75) is 0 Å². The lowest BCUT2D eigenvalue weighted by atomic mass is 10.0. The summed E-state index contributed by atoms with van der Waals surface area (Å²) in [5.74, 6) is 0.656. The number of nitrogens with two attached hydrogens (primary N) is 1. The maximum absolute atomic E-state index is 9.07. The van der Waals surface area contributed by atoms with Crippen molar-refractivity contribution in [3.63, 3.8) is 0 Å². The normalized spacial score (nSPS) is 9.65. The molecule has 0 aliphatic heterocycles. The molecule has 0 aliphatic carbocycles. The molecule has 1 heterocycles. The van der Waals surface area contributed by atoms with Gasteiger partial charge in [0.15, 0.2) is 0 Å². The van der Waals surface area contributed by atoms with Gasteiger partial charge in [0.05, 0.1) is 24.9 Å². The Kier molecular flexibility index (Phi) is 2.93. The molecule has 84 valence electrons. The van der Waals surface area contributed by atoms with Crippen molar-refractivity contribution in [3.8, 4) is 22.9 Å². The van der Waals surface area contributed by atoms with E-state index in [2.05, 4.69) is 11.1 Å². The number of benzene rings is 1. The Morgan fingerprint density at radius 2 is 2.12 bits per heavy atom. The first-order valence-corrected chi connectivity index (χ1v) is 5.03. The molecule has 0 saturated carbocycles. The van der Waals surface area contributed by atoms with Crippen LogP contribution >= 0.6 is 0 Å². The molecule has 0 bridgehead atoms. The molecule has 1 aromatic heterocycles. The zero-order chi connectivity index (χ0) is 12.3. The summed E-state index contributed by atoms with van der Waals surface area (Å²) < 4.78 is 5.10. The van der Waals surface area contributed by atoms with Gasteiger partial charge in [-0.25, -0.2) is 0 Å². The highest BCUT2D eigenvalue weighted by molar-refractivity contribution is 5.73.